The van der Waals surface area contributed by atoms with Gasteiger partial charge in [0.25, 0.3) is 0 Å². The molecule has 21 unspecified atom stereocenters. The third-order valence-electron chi connectivity index (χ3n) is 23.4. The van der Waals surface area contributed by atoms with Gasteiger partial charge >= 0.3 is 5.97 Å². The van der Waals surface area contributed by atoms with E-state index in [-0.39, 0.29) is 57.4 Å². The van der Waals surface area contributed by atoms with Crippen molar-refractivity contribution in [2.75, 3.05) is 25.1 Å². The van der Waals surface area contributed by atoms with Gasteiger partial charge in [-0.1, -0.05) is 98.8 Å². The van der Waals surface area contributed by atoms with Gasteiger partial charge in [-0.3, -0.25) is 0 Å². The number of esters is 1. The summed E-state index contributed by atoms with van der Waals surface area (Å²) in [5, 5.41) is 90.3. The second-order valence-electron chi connectivity index (χ2n) is 26.1. The van der Waals surface area contributed by atoms with E-state index in [1.54, 1.807) is 10.8 Å². The number of H-pyrrole nitrogens is 1. The number of fused-ring (bicyclic) bond motifs is 4. The third kappa shape index (κ3) is 6.94. The second kappa shape index (κ2) is 18.9. The summed E-state index contributed by atoms with van der Waals surface area (Å²) in [6.45, 7) is 0.110. The molecule has 0 radical (unpaired) electrons. The number of aromatic amines is 1. The number of hydrogen-bond donors (Lipinski definition) is 9. The number of aliphatic hydroxyl groups excluding tert-OH is 3. The summed E-state index contributed by atoms with van der Waals surface area (Å²) in [6, 6.07) is 22.6. The van der Waals surface area contributed by atoms with Gasteiger partial charge < -0.3 is 60.5 Å². The largest absolute Gasteiger partial charge is 0.508 e. The van der Waals surface area contributed by atoms with Crippen LogP contribution < -0.4 is 15.4 Å². The van der Waals surface area contributed by atoms with Gasteiger partial charge in [-0.25, -0.2) is 4.79 Å². The van der Waals surface area contributed by atoms with E-state index in [0.717, 1.165) is 84.4 Å². The Morgan fingerprint density at radius 1 is 0.835 bits per heavy atom. The number of rotatable bonds is 7. The van der Waals surface area contributed by atoms with Crippen molar-refractivity contribution in [2.24, 2.45) is 52.8 Å². The Balaban J connectivity index is 0.906. The Bertz CT molecular complexity index is 3270. The van der Waals surface area contributed by atoms with E-state index in [2.05, 4.69) is 45.9 Å². The summed E-state index contributed by atoms with van der Waals surface area (Å²) in [5.41, 5.74) is -0.364. The summed E-state index contributed by atoms with van der Waals surface area (Å²) in [7, 11) is 9.54. The first kappa shape index (κ1) is 51.9. The van der Waals surface area contributed by atoms with Crippen LogP contribution in [0.1, 0.15) is 99.8 Å². The van der Waals surface area contributed by atoms with Gasteiger partial charge in [-0.2, -0.15) is 0 Å². The molecule has 8 heterocycles. The van der Waals surface area contributed by atoms with Gasteiger partial charge in [-0.05, 0) is 157 Å². The molecule has 7 aliphatic carbocycles. The van der Waals surface area contributed by atoms with E-state index in [1.807, 2.05) is 75.8 Å². The fourth-order valence-corrected chi connectivity index (χ4v) is 27.6. The lowest BCUT2D eigenvalue weighted by molar-refractivity contribution is -0.381. The van der Waals surface area contributed by atoms with Crippen LogP contribution in [0.5, 0.6) is 11.5 Å². The SMILES string of the molecule is CNC1CSSC2CSSC(CNC3CCCCC3)C3CC4C5CC1C(O)C1(CCC6CC7CCC8C2c2cc(O)ccc2C61C78)C5OC1C(C(=O)Oc2c(CO)[nH]c5ccc6cc7ccccc7cc6c25)OC(O)(C3O)C41O. The minimum atomic E-state index is -2.66. The minimum absolute atomic E-state index is 0.0976. The fourth-order valence-electron chi connectivity index (χ4n) is 20.6. The molecule has 7 aliphatic heterocycles. The zero-order valence-electron chi connectivity index (χ0n) is 44.5. The molecule has 17 heteroatoms. The van der Waals surface area contributed by atoms with Crippen molar-refractivity contribution in [1.82, 2.24) is 15.6 Å². The topological polar surface area (TPSA) is 206 Å². The number of phenols is 1. The number of nitrogens with one attached hydrogen (secondary N) is 3. The predicted molar refractivity (Wildman–Crippen MR) is 311 cm³/mol. The summed E-state index contributed by atoms with van der Waals surface area (Å²) >= 11 is 0. The lowest BCUT2D eigenvalue weighted by atomic mass is 9.39. The number of aromatic nitrogens is 1. The summed E-state index contributed by atoms with van der Waals surface area (Å²) in [6.07, 6.45) is 4.95. The standard InChI is InChI=1S/C62H73N3O10S4/c1-63-46-27-76-79-48-28-77-78-47(25-64-34-9-3-2-4-10-34)41-24-43-39-23-40(46)54(68)59(18-17-33-20-32-11-14-36-49(48)38-22-35(67)13-15-42(38)60(33,59)51(32)36)56(39)74-57-53(75-62(72,55(41)69)61(43,57)71)58(70)73-52-45(26-66)65-44-16-12-31-19-29-7-5-6-8-30(29)21-37(31)50(44)52/h5-8,12-13,15-16,19,21-22,32-34,36,39-41,43,46-49,51,53-57,63-69,71-72H,2-4,9-11,14,17-18,20,23-28H2,1H3. The van der Waals surface area contributed by atoms with E-state index in [1.165, 1.54) is 17.5 Å². The highest BCUT2D eigenvalue weighted by molar-refractivity contribution is 8.78. The normalized spacial score (nSPS) is 44.7. The second-order valence-corrected chi connectivity index (χ2v) is 31.4. The van der Waals surface area contributed by atoms with Gasteiger partial charge in [0.05, 0.1) is 35.4 Å². The number of aromatic hydroxyl groups is 1. The van der Waals surface area contributed by atoms with Crippen LogP contribution in [-0.2, 0) is 26.3 Å². The van der Waals surface area contributed by atoms with Crippen molar-refractivity contribution >= 4 is 81.6 Å². The van der Waals surface area contributed by atoms with Gasteiger partial charge in [0, 0.05) is 75.1 Å². The summed E-state index contributed by atoms with van der Waals surface area (Å²) in [4.78, 5) is 19.1. The van der Waals surface area contributed by atoms with Crippen molar-refractivity contribution < 1.29 is 49.6 Å². The van der Waals surface area contributed by atoms with E-state index < -0.39 is 83.1 Å². The molecule has 79 heavy (non-hydrogen) atoms. The Hall–Kier alpha value is -2.75. The maximum Gasteiger partial charge on any atom is 0.343 e. The van der Waals surface area contributed by atoms with Crippen LogP contribution in [0.3, 0.4) is 0 Å². The van der Waals surface area contributed by atoms with Crippen LogP contribution in [0.15, 0.2) is 66.7 Å². The Morgan fingerprint density at radius 2 is 1.66 bits per heavy atom. The number of carbonyl (C=O) groups is 1. The summed E-state index contributed by atoms with van der Waals surface area (Å²) in [5.74, 6) is -2.25. The zero-order chi connectivity index (χ0) is 53.5. The first-order valence-electron chi connectivity index (χ1n) is 29.7. The smallest absolute Gasteiger partial charge is 0.343 e. The molecule has 5 saturated heterocycles. The Morgan fingerprint density at radius 3 is 2.48 bits per heavy atom. The molecule has 9 bridgehead atoms. The van der Waals surface area contributed by atoms with E-state index in [9.17, 15) is 30.6 Å². The van der Waals surface area contributed by atoms with Crippen molar-refractivity contribution in [3.05, 3.63) is 83.6 Å². The maximum absolute atomic E-state index is 15.8. The fraction of sp³-hybridized carbons (Fsp3) is 0.629. The van der Waals surface area contributed by atoms with Crippen LogP contribution >= 0.6 is 43.2 Å². The van der Waals surface area contributed by atoms with Crippen LogP contribution in [0.25, 0.3) is 32.4 Å². The predicted octanol–water partition coefficient (Wildman–Crippen LogP) is 8.67. The molecule has 4 aromatic carbocycles. The molecule has 420 valence electrons. The highest BCUT2D eigenvalue weighted by Crippen LogP contribution is 2.82. The monoisotopic (exact) mass is 1150 g/mol. The van der Waals surface area contributed by atoms with E-state index >= 15 is 4.79 Å². The number of phenolic OH excluding ortho intramolecular Hbond substituents is 1. The molecule has 14 aliphatic rings. The molecule has 19 rings (SSSR count). The van der Waals surface area contributed by atoms with Crippen LogP contribution in [0.2, 0.25) is 0 Å². The van der Waals surface area contributed by atoms with Crippen LogP contribution in [0.4, 0.5) is 0 Å². The molecule has 2 spiro atoms. The molecule has 0 amide bonds. The highest BCUT2D eigenvalue weighted by Gasteiger charge is 2.85. The highest BCUT2D eigenvalue weighted by atomic mass is 33.1. The quantitative estimate of drug-likeness (QED) is 0.0425. The lowest BCUT2D eigenvalue weighted by Gasteiger charge is -2.69. The van der Waals surface area contributed by atoms with Crippen molar-refractivity contribution in [2.45, 2.75) is 159 Å². The number of ether oxygens (including phenoxy) is 3. The molecule has 21 atom stereocenters. The van der Waals surface area contributed by atoms with Crippen molar-refractivity contribution in [3.8, 4) is 11.5 Å². The van der Waals surface area contributed by atoms with E-state index in [4.69, 9.17) is 14.2 Å². The van der Waals surface area contributed by atoms with Gasteiger partial charge in [0.15, 0.2) is 17.5 Å². The number of hydrogen-bond acceptors (Lipinski definition) is 16. The molecule has 11 fully saturated rings. The number of aliphatic hydroxyl groups is 5. The zero-order valence-corrected chi connectivity index (χ0v) is 47.8. The first-order chi connectivity index (χ1) is 38.4. The van der Waals surface area contributed by atoms with Crippen LogP contribution in [0, 0.1) is 52.8 Å². The third-order valence-corrected chi connectivity index (χ3v) is 29.4. The Labute approximate surface area is 476 Å². The molecular formula is C62H73N3O10S4. The van der Waals surface area contributed by atoms with Crippen LogP contribution in [-0.4, -0.2) is 131 Å². The molecule has 6 saturated carbocycles. The first-order valence-corrected chi connectivity index (χ1v) is 34.4. The molecular weight excluding hydrogens is 1070 g/mol. The Kier molecular flexibility index (Phi) is 12.4. The molecule has 5 aromatic rings. The van der Waals surface area contributed by atoms with Gasteiger partial charge in [-0.15, -0.1) is 0 Å². The van der Waals surface area contributed by atoms with Gasteiger partial charge in [0.1, 0.15) is 18.0 Å². The molecule has 1 aromatic heterocycles. The number of carbonyl (C=O) groups excluding carboxylic acids is 1. The number of benzene rings is 4. The summed E-state index contributed by atoms with van der Waals surface area (Å²) < 4.78 is 21.4. The molecule has 9 N–H and O–H groups in total. The lowest BCUT2D eigenvalue weighted by Crippen LogP contribution is -2.80. The maximum atomic E-state index is 15.8. The average Bonchev–Trinajstić information content (AvgIpc) is 1.67. The molecule has 13 nitrogen and oxygen atoms in total. The minimum Gasteiger partial charge on any atom is -0.508 e. The van der Waals surface area contributed by atoms with Crippen molar-refractivity contribution in [1.29, 1.82) is 0 Å². The van der Waals surface area contributed by atoms with E-state index in [0.29, 0.717) is 54.6 Å². The van der Waals surface area contributed by atoms with Crippen molar-refractivity contribution in [3.63, 3.8) is 0 Å². The average molecular weight is 1150 g/mol. The van der Waals surface area contributed by atoms with Gasteiger partial charge in [0.2, 0.25) is 5.79 Å².